The van der Waals surface area contributed by atoms with Crippen LogP contribution < -0.4 is 15.5 Å². The van der Waals surface area contributed by atoms with Crippen LogP contribution in [0.4, 0.5) is 10.5 Å². The predicted octanol–water partition coefficient (Wildman–Crippen LogP) is 5.20. The van der Waals surface area contributed by atoms with E-state index in [4.69, 9.17) is 11.6 Å². The van der Waals surface area contributed by atoms with E-state index in [1.807, 2.05) is 36.4 Å². The molecule has 154 valence electrons. The van der Waals surface area contributed by atoms with Crippen molar-refractivity contribution in [1.82, 2.24) is 9.99 Å². The van der Waals surface area contributed by atoms with Crippen LogP contribution in [0.1, 0.15) is 10.4 Å². The first-order valence-corrected chi connectivity index (χ1v) is 10.6. The highest BCUT2D eigenvalue weighted by molar-refractivity contribution is 7.07. The summed E-state index contributed by atoms with van der Waals surface area (Å²) in [6.07, 6.45) is 0. The Balaban J connectivity index is 1.71. The number of nitrogens with one attached hydrogen (secondary N) is 2. The Morgan fingerprint density at radius 2 is 1.52 bits per heavy atom. The fraction of sp³-hybridized carbons (Fsp3) is 0. The van der Waals surface area contributed by atoms with Crippen molar-refractivity contribution in [2.75, 3.05) is 5.32 Å². The molecule has 0 unspecified atom stereocenters. The summed E-state index contributed by atoms with van der Waals surface area (Å²) < 4.78 is 1.42. The second-order valence-electron chi connectivity index (χ2n) is 6.46. The molecule has 6 nitrogen and oxygen atoms in total. The van der Waals surface area contributed by atoms with Crippen molar-refractivity contribution in [3.8, 4) is 11.3 Å². The summed E-state index contributed by atoms with van der Waals surface area (Å²) >= 11 is 7.25. The second-order valence-corrected chi connectivity index (χ2v) is 7.73. The van der Waals surface area contributed by atoms with E-state index < -0.39 is 6.03 Å². The molecule has 0 spiro atoms. The summed E-state index contributed by atoms with van der Waals surface area (Å²) in [5.41, 5.74) is 5.06. The first kappa shape index (κ1) is 20.6. The fourth-order valence-electron chi connectivity index (χ4n) is 2.86. The minimum atomic E-state index is -0.398. The van der Waals surface area contributed by atoms with E-state index in [0.717, 1.165) is 5.56 Å². The number of hydrogen-bond donors (Lipinski definition) is 2. The number of aromatic nitrogens is 1. The van der Waals surface area contributed by atoms with Crippen molar-refractivity contribution in [1.29, 1.82) is 0 Å². The lowest BCUT2D eigenvalue weighted by molar-refractivity contribution is 0.0953. The SMILES string of the molecule is O=C(NN=c1scc(-c2ccc(Cl)cc2)n1C(=O)Nc1ccccc1)c1ccccc1. The van der Waals surface area contributed by atoms with Gasteiger partial charge in [-0.15, -0.1) is 16.4 Å². The number of carbonyl (C=O) groups is 2. The number of anilines is 1. The van der Waals surface area contributed by atoms with E-state index in [2.05, 4.69) is 15.8 Å². The van der Waals surface area contributed by atoms with Crippen LogP contribution in [0.3, 0.4) is 0 Å². The van der Waals surface area contributed by atoms with Gasteiger partial charge in [0.15, 0.2) is 0 Å². The minimum absolute atomic E-state index is 0.322. The molecule has 4 aromatic rings. The zero-order valence-corrected chi connectivity index (χ0v) is 17.7. The number of carbonyl (C=O) groups excluding carboxylic acids is 2. The average Bonchev–Trinajstić information content (AvgIpc) is 3.23. The van der Waals surface area contributed by atoms with Crippen LogP contribution in [-0.2, 0) is 0 Å². The molecule has 4 rings (SSSR count). The standard InChI is InChI=1S/C23H17ClN4O2S/c24-18-13-11-16(12-14-18)20-15-31-23(27-26-21(29)17-7-3-1-4-8-17)28(20)22(30)25-19-9-5-2-6-10-19/h1-15H,(H,25,30)(H,26,29). The first-order chi connectivity index (χ1) is 15.1. The molecule has 0 aliphatic heterocycles. The summed E-state index contributed by atoms with van der Waals surface area (Å²) in [4.78, 5) is 25.8. The number of para-hydroxylation sites is 1. The van der Waals surface area contributed by atoms with E-state index in [1.54, 1.807) is 53.9 Å². The summed E-state index contributed by atoms with van der Waals surface area (Å²) in [6.45, 7) is 0. The van der Waals surface area contributed by atoms with Gasteiger partial charge in [-0.25, -0.2) is 14.8 Å². The van der Waals surface area contributed by atoms with Crippen LogP contribution in [0, 0.1) is 0 Å². The highest BCUT2D eigenvalue weighted by Crippen LogP contribution is 2.22. The Bertz CT molecular complexity index is 1270. The molecule has 1 aromatic heterocycles. The zero-order valence-electron chi connectivity index (χ0n) is 16.2. The van der Waals surface area contributed by atoms with Crippen molar-refractivity contribution in [2.45, 2.75) is 0 Å². The third-order valence-electron chi connectivity index (χ3n) is 4.37. The third kappa shape index (κ3) is 4.91. The van der Waals surface area contributed by atoms with Crippen LogP contribution in [0.15, 0.2) is 95.4 Å². The molecule has 8 heteroatoms. The topological polar surface area (TPSA) is 75.5 Å². The largest absolute Gasteiger partial charge is 0.332 e. The molecule has 31 heavy (non-hydrogen) atoms. The van der Waals surface area contributed by atoms with E-state index in [0.29, 0.717) is 26.8 Å². The number of amides is 2. The first-order valence-electron chi connectivity index (χ1n) is 9.34. The summed E-state index contributed by atoms with van der Waals surface area (Å²) in [7, 11) is 0. The lowest BCUT2D eigenvalue weighted by Gasteiger charge is -2.10. The zero-order chi connectivity index (χ0) is 21.6. The fourth-order valence-corrected chi connectivity index (χ4v) is 3.83. The molecule has 0 bridgehead atoms. The lowest BCUT2D eigenvalue weighted by Crippen LogP contribution is -2.31. The molecule has 0 radical (unpaired) electrons. The number of nitrogens with zero attached hydrogens (tertiary/aromatic N) is 2. The van der Waals surface area contributed by atoms with Crippen molar-refractivity contribution < 1.29 is 9.59 Å². The molecule has 0 aliphatic carbocycles. The maximum absolute atomic E-state index is 13.1. The normalized spacial score (nSPS) is 11.2. The van der Waals surface area contributed by atoms with Crippen LogP contribution >= 0.6 is 22.9 Å². The van der Waals surface area contributed by atoms with Crippen LogP contribution in [-0.4, -0.2) is 16.5 Å². The van der Waals surface area contributed by atoms with Crippen LogP contribution in [0.2, 0.25) is 5.02 Å². The number of halogens is 1. The summed E-state index contributed by atoms with van der Waals surface area (Å²) in [5, 5.41) is 9.46. The van der Waals surface area contributed by atoms with Gasteiger partial charge in [0.2, 0.25) is 4.80 Å². The minimum Gasteiger partial charge on any atom is -0.307 e. The molecular formula is C23H17ClN4O2S. The second kappa shape index (κ2) is 9.42. The molecule has 3 aromatic carbocycles. The molecule has 0 saturated carbocycles. The van der Waals surface area contributed by atoms with Gasteiger partial charge in [0.1, 0.15) is 0 Å². The third-order valence-corrected chi connectivity index (χ3v) is 5.44. The van der Waals surface area contributed by atoms with Gasteiger partial charge in [0.05, 0.1) is 5.69 Å². The van der Waals surface area contributed by atoms with E-state index in [-0.39, 0.29) is 5.91 Å². The molecule has 0 saturated heterocycles. The summed E-state index contributed by atoms with van der Waals surface area (Å²) in [5.74, 6) is -0.364. The van der Waals surface area contributed by atoms with Crippen molar-refractivity contribution in [2.24, 2.45) is 5.10 Å². The molecule has 0 fully saturated rings. The van der Waals surface area contributed by atoms with Gasteiger partial charge in [0, 0.05) is 21.7 Å². The van der Waals surface area contributed by atoms with Crippen molar-refractivity contribution in [3.63, 3.8) is 0 Å². The lowest BCUT2D eigenvalue weighted by atomic mass is 10.2. The quantitative estimate of drug-likeness (QED) is 0.421. The number of rotatable bonds is 4. The van der Waals surface area contributed by atoms with Gasteiger partial charge in [-0.1, -0.05) is 60.1 Å². The number of benzene rings is 3. The van der Waals surface area contributed by atoms with Gasteiger partial charge in [-0.05, 0) is 42.0 Å². The highest BCUT2D eigenvalue weighted by atomic mass is 35.5. The highest BCUT2D eigenvalue weighted by Gasteiger charge is 2.16. The Labute approximate surface area is 187 Å². The van der Waals surface area contributed by atoms with Crippen molar-refractivity contribution in [3.05, 3.63) is 106 Å². The Hall–Kier alpha value is -3.68. The smallest absolute Gasteiger partial charge is 0.307 e. The molecule has 2 N–H and O–H groups in total. The molecular weight excluding hydrogens is 432 g/mol. The average molecular weight is 449 g/mol. The molecule has 0 atom stereocenters. The van der Waals surface area contributed by atoms with Crippen molar-refractivity contribution >= 4 is 40.6 Å². The number of hydrogen-bond acceptors (Lipinski definition) is 4. The van der Waals surface area contributed by atoms with Gasteiger partial charge in [-0.2, -0.15) is 0 Å². The van der Waals surface area contributed by atoms with E-state index >= 15 is 0 Å². The van der Waals surface area contributed by atoms with Gasteiger partial charge < -0.3 is 5.32 Å². The Kier molecular flexibility index (Phi) is 6.26. The van der Waals surface area contributed by atoms with Crippen LogP contribution in [0.25, 0.3) is 11.3 Å². The number of thiazole rings is 1. The summed E-state index contributed by atoms with van der Waals surface area (Å²) in [6, 6.07) is 24.6. The molecule has 0 aliphatic rings. The van der Waals surface area contributed by atoms with Gasteiger partial charge in [-0.3, -0.25) is 4.79 Å². The monoisotopic (exact) mass is 448 g/mol. The van der Waals surface area contributed by atoms with E-state index in [9.17, 15) is 9.59 Å². The maximum Gasteiger partial charge on any atom is 0.332 e. The van der Waals surface area contributed by atoms with Gasteiger partial charge >= 0.3 is 6.03 Å². The van der Waals surface area contributed by atoms with Gasteiger partial charge in [0.25, 0.3) is 5.91 Å². The Morgan fingerprint density at radius 3 is 2.19 bits per heavy atom. The molecule has 2 amide bonds. The Morgan fingerprint density at radius 1 is 0.871 bits per heavy atom. The maximum atomic E-state index is 13.1. The van der Waals surface area contributed by atoms with Crippen LogP contribution in [0.5, 0.6) is 0 Å². The predicted molar refractivity (Wildman–Crippen MR) is 123 cm³/mol. The van der Waals surface area contributed by atoms with E-state index in [1.165, 1.54) is 15.9 Å². The molecule has 1 heterocycles.